The lowest BCUT2D eigenvalue weighted by atomic mass is 9.33. The molecule has 6 rings (SSSR count). The van der Waals surface area contributed by atoms with E-state index < -0.39 is 0 Å². The van der Waals surface area contributed by atoms with Crippen molar-refractivity contribution in [1.82, 2.24) is 10.6 Å². The summed E-state index contributed by atoms with van der Waals surface area (Å²) in [7, 11) is 1.45. The van der Waals surface area contributed by atoms with Gasteiger partial charge < -0.3 is 26.8 Å². The van der Waals surface area contributed by atoms with Crippen LogP contribution in [0.15, 0.2) is 67.2 Å². The normalized spacial score (nSPS) is 37.7. The Morgan fingerprint density at radius 3 is 2.33 bits per heavy atom. The topological polar surface area (TPSA) is 102 Å². The van der Waals surface area contributed by atoms with Gasteiger partial charge in [0, 0.05) is 18.6 Å². The first-order valence-corrected chi connectivity index (χ1v) is 19.1. The van der Waals surface area contributed by atoms with Crippen molar-refractivity contribution in [2.45, 2.75) is 111 Å². The van der Waals surface area contributed by atoms with Gasteiger partial charge in [0.05, 0.1) is 18.5 Å². The van der Waals surface area contributed by atoms with Gasteiger partial charge in [-0.25, -0.2) is 4.79 Å². The summed E-state index contributed by atoms with van der Waals surface area (Å²) in [6.07, 6.45) is 22.6. The Morgan fingerprint density at radius 2 is 1.65 bits per heavy atom. The molecule has 0 spiro atoms. The van der Waals surface area contributed by atoms with Crippen molar-refractivity contribution in [3.63, 3.8) is 0 Å². The van der Waals surface area contributed by atoms with Crippen molar-refractivity contribution in [1.29, 1.82) is 0 Å². The minimum atomic E-state index is -0.272. The van der Waals surface area contributed by atoms with Crippen LogP contribution in [0, 0.1) is 45.3 Å². The number of nitrogens with one attached hydrogen (secondary N) is 2. The zero-order chi connectivity index (χ0) is 35.7. The average molecular weight is 671 g/mol. The van der Waals surface area contributed by atoms with Crippen LogP contribution in [0.3, 0.4) is 0 Å². The second-order valence-corrected chi connectivity index (χ2v) is 17.2. The Kier molecular flexibility index (Phi) is 10.9. The molecule has 4 fully saturated rings. The predicted octanol–water partition coefficient (Wildman–Crippen LogP) is 8.72. The van der Waals surface area contributed by atoms with E-state index in [4.69, 9.17) is 16.2 Å². The van der Waals surface area contributed by atoms with E-state index in [1.165, 1.54) is 82.2 Å². The maximum absolute atomic E-state index is 12.1. The zero-order valence-corrected chi connectivity index (χ0v) is 31.7. The molecule has 270 valence electrons. The minimum Gasteiger partial charge on any atom is -0.465 e. The SMILES string of the molecule is C=CC.COC(=O)c1ccc(C2=CCC3(C)C(CCC4(C)C3CCC3[C@H]5CCCC5(NCCN/C(N)=C/C=C\N)CC[C@]34C)C2(C)C)cc1. The number of hydrogen-bond acceptors (Lipinski definition) is 6. The lowest BCUT2D eigenvalue weighted by Gasteiger charge is -2.72. The molecule has 1 aromatic rings. The van der Waals surface area contributed by atoms with E-state index in [0.29, 0.717) is 33.5 Å². The second-order valence-electron chi connectivity index (χ2n) is 17.2. The van der Waals surface area contributed by atoms with E-state index in [1.807, 2.05) is 25.1 Å². The smallest absolute Gasteiger partial charge is 0.337 e. The fourth-order valence-corrected chi connectivity index (χ4v) is 12.6. The quantitative estimate of drug-likeness (QED) is 0.0955. The first kappa shape index (κ1) is 37.3. The number of fused-ring (bicyclic) bond motifs is 7. The van der Waals surface area contributed by atoms with Crippen LogP contribution < -0.4 is 22.1 Å². The molecular weight excluding hydrogens is 604 g/mol. The maximum atomic E-state index is 12.1. The van der Waals surface area contributed by atoms with Gasteiger partial charge in [0.25, 0.3) is 0 Å². The molecule has 6 N–H and O–H groups in total. The van der Waals surface area contributed by atoms with Crippen LogP contribution in [0.2, 0.25) is 0 Å². The fraction of sp³-hybridized carbons (Fsp3) is 0.651. The minimum absolute atomic E-state index is 0.0726. The predicted molar refractivity (Wildman–Crippen MR) is 204 cm³/mol. The highest BCUT2D eigenvalue weighted by molar-refractivity contribution is 5.89. The standard InChI is InChI=1S/C40H60N4O2.C3H6/c1-36(2)29(27-11-13-28(14-12-27)35(45)46-6)17-20-37(3)32(36)18-21-39(5)33(37)16-15-30-31-9-7-19-40(31,23-22-38(30,39)4)44-26-25-43-34(42)10-8-24-41;1-3-2/h8,10-14,17,24,30-33,43-44H,7,9,15-16,18-23,25-26,41-42H2,1-6H3;3H,1H2,2H3/b24-8-,34-10+;/t30?,31-,32?,33?,37?,38-,39?,40?;/m1./s1. The van der Waals surface area contributed by atoms with Gasteiger partial charge in [-0.1, -0.05) is 65.3 Å². The molecule has 0 radical (unpaired) electrons. The molecule has 6 heteroatoms. The van der Waals surface area contributed by atoms with Crippen LogP contribution in [0.25, 0.3) is 5.57 Å². The van der Waals surface area contributed by atoms with Crippen molar-refractivity contribution in [3.8, 4) is 0 Å². The zero-order valence-electron chi connectivity index (χ0n) is 31.7. The number of esters is 1. The molecule has 5 aliphatic rings. The van der Waals surface area contributed by atoms with Gasteiger partial charge in [0.2, 0.25) is 0 Å². The third-order valence-corrected chi connectivity index (χ3v) is 14.9. The van der Waals surface area contributed by atoms with Gasteiger partial charge in [-0.05, 0) is 152 Å². The highest BCUT2D eigenvalue weighted by Crippen LogP contribution is 2.76. The molecule has 0 amide bonds. The molecule has 1 aromatic carbocycles. The number of carbonyl (C=O) groups is 1. The number of carbonyl (C=O) groups excluding carboxylic acids is 1. The molecule has 0 aromatic heterocycles. The van der Waals surface area contributed by atoms with Crippen LogP contribution in [-0.4, -0.2) is 31.7 Å². The molecule has 0 bridgehead atoms. The molecule has 5 aliphatic carbocycles. The molecule has 0 heterocycles. The number of nitrogens with two attached hydrogens (primary N) is 2. The summed E-state index contributed by atoms with van der Waals surface area (Å²) in [6, 6.07) is 8.12. The van der Waals surface area contributed by atoms with Gasteiger partial charge in [-0.15, -0.1) is 6.58 Å². The number of allylic oxidation sites excluding steroid dienone is 5. The Balaban J connectivity index is 0.00000151. The van der Waals surface area contributed by atoms with Crippen LogP contribution in [0.1, 0.15) is 122 Å². The summed E-state index contributed by atoms with van der Waals surface area (Å²) in [5.74, 6) is 3.34. The summed E-state index contributed by atoms with van der Waals surface area (Å²) >= 11 is 0. The number of methoxy groups -OCH3 is 1. The van der Waals surface area contributed by atoms with Gasteiger partial charge in [-0.3, -0.25) is 0 Å². The highest BCUT2D eigenvalue weighted by Gasteiger charge is 2.69. The Morgan fingerprint density at radius 1 is 0.939 bits per heavy atom. The largest absolute Gasteiger partial charge is 0.465 e. The number of ether oxygens (including phenoxy) is 1. The summed E-state index contributed by atoms with van der Waals surface area (Å²) in [4.78, 5) is 12.1. The molecule has 8 atom stereocenters. The number of benzene rings is 1. The lowest BCUT2D eigenvalue weighted by molar-refractivity contribution is -0.216. The number of hydrogen-bond donors (Lipinski definition) is 4. The van der Waals surface area contributed by atoms with E-state index in [1.54, 1.807) is 12.2 Å². The summed E-state index contributed by atoms with van der Waals surface area (Å²) in [6.45, 7) is 20.1. The van der Waals surface area contributed by atoms with Crippen molar-refractivity contribution in [3.05, 3.63) is 78.3 Å². The molecule has 6 nitrogen and oxygen atoms in total. The van der Waals surface area contributed by atoms with Crippen LogP contribution in [0.5, 0.6) is 0 Å². The Labute approximate surface area is 297 Å². The third-order valence-electron chi connectivity index (χ3n) is 14.9. The van der Waals surface area contributed by atoms with E-state index in [2.05, 4.69) is 70.0 Å². The first-order chi connectivity index (χ1) is 23.3. The van der Waals surface area contributed by atoms with Crippen LogP contribution in [-0.2, 0) is 4.74 Å². The first-order valence-electron chi connectivity index (χ1n) is 19.1. The Hall–Kier alpha value is -2.99. The molecule has 0 saturated heterocycles. The van der Waals surface area contributed by atoms with Gasteiger partial charge in [0.1, 0.15) is 0 Å². The molecule has 0 aliphatic heterocycles. The van der Waals surface area contributed by atoms with E-state index in [0.717, 1.165) is 37.3 Å². The molecule has 6 unspecified atom stereocenters. The second kappa shape index (κ2) is 14.3. The third kappa shape index (κ3) is 6.29. The van der Waals surface area contributed by atoms with Gasteiger partial charge in [-0.2, -0.15) is 0 Å². The van der Waals surface area contributed by atoms with Crippen molar-refractivity contribution in [2.75, 3.05) is 20.2 Å². The van der Waals surface area contributed by atoms with Crippen molar-refractivity contribution < 1.29 is 9.53 Å². The van der Waals surface area contributed by atoms with E-state index >= 15 is 0 Å². The number of rotatable bonds is 8. The average Bonchev–Trinajstić information content (AvgIpc) is 3.50. The van der Waals surface area contributed by atoms with E-state index in [9.17, 15) is 4.79 Å². The molecular formula is C43H66N4O2. The van der Waals surface area contributed by atoms with Gasteiger partial charge in [0.15, 0.2) is 0 Å². The van der Waals surface area contributed by atoms with Crippen molar-refractivity contribution >= 4 is 11.5 Å². The maximum Gasteiger partial charge on any atom is 0.337 e. The summed E-state index contributed by atoms with van der Waals surface area (Å²) in [5, 5.41) is 7.47. The monoisotopic (exact) mass is 671 g/mol. The fourth-order valence-electron chi connectivity index (χ4n) is 12.6. The lowest BCUT2D eigenvalue weighted by Crippen LogP contribution is -2.67. The van der Waals surface area contributed by atoms with Crippen LogP contribution in [0.4, 0.5) is 0 Å². The highest BCUT2D eigenvalue weighted by atomic mass is 16.5. The molecule has 4 saturated carbocycles. The molecule has 49 heavy (non-hydrogen) atoms. The van der Waals surface area contributed by atoms with Crippen LogP contribution >= 0.6 is 0 Å². The Bertz CT molecular complexity index is 1440. The summed E-state index contributed by atoms with van der Waals surface area (Å²) in [5.41, 5.74) is 16.3. The van der Waals surface area contributed by atoms with Crippen molar-refractivity contribution in [2.24, 2.45) is 56.8 Å². The summed E-state index contributed by atoms with van der Waals surface area (Å²) < 4.78 is 4.95. The van der Waals surface area contributed by atoms with Gasteiger partial charge >= 0.3 is 5.97 Å². The van der Waals surface area contributed by atoms with E-state index in [-0.39, 0.29) is 16.9 Å².